The highest BCUT2D eigenvalue weighted by Crippen LogP contribution is 2.41. The standard InChI is InChI=1S/C19H18N.ClHO4/c1-20(17-11-5-2-6-12-17,18-13-7-3-8-14-18)19-15-9-4-10-16-19;2-1(3,4)5/h2-16H,1H3;(H,2,3,4,5)/q+1;/p-1. The van der Waals surface area contributed by atoms with E-state index in [0.717, 1.165) is 0 Å². The summed E-state index contributed by atoms with van der Waals surface area (Å²) < 4.78 is 34.6. The van der Waals surface area contributed by atoms with Crippen LogP contribution in [0.25, 0.3) is 0 Å². The fourth-order valence-corrected chi connectivity index (χ4v) is 2.63. The van der Waals surface area contributed by atoms with E-state index in [1.54, 1.807) is 0 Å². The summed E-state index contributed by atoms with van der Waals surface area (Å²) in [4.78, 5) is 0. The van der Waals surface area contributed by atoms with Gasteiger partial charge in [0.05, 0.1) is 7.05 Å². The van der Waals surface area contributed by atoms with Gasteiger partial charge in [0, 0.05) is 0 Å². The first kappa shape index (κ1) is 19.1. The van der Waals surface area contributed by atoms with E-state index in [-0.39, 0.29) is 0 Å². The topological polar surface area (TPSA) is 92.2 Å². The first-order valence-corrected chi connectivity index (χ1v) is 8.70. The third kappa shape index (κ3) is 5.37. The molecule has 0 bridgehead atoms. The Kier molecular flexibility index (Phi) is 6.27. The Morgan fingerprint density at radius 1 is 0.520 bits per heavy atom. The van der Waals surface area contributed by atoms with Crippen LogP contribution in [-0.4, -0.2) is 7.05 Å². The first-order chi connectivity index (χ1) is 11.8. The maximum Gasteiger partial charge on any atom is 0.142 e. The Labute approximate surface area is 149 Å². The van der Waals surface area contributed by atoms with Crippen molar-refractivity contribution in [2.75, 3.05) is 7.05 Å². The fraction of sp³-hybridized carbons (Fsp3) is 0.0526. The zero-order chi connectivity index (χ0) is 18.3. The van der Waals surface area contributed by atoms with Crippen molar-refractivity contribution in [3.8, 4) is 0 Å². The maximum atomic E-state index is 8.49. The van der Waals surface area contributed by atoms with Crippen LogP contribution < -0.4 is 23.1 Å². The summed E-state index contributed by atoms with van der Waals surface area (Å²) in [6.45, 7) is 0. The third-order valence-corrected chi connectivity index (χ3v) is 3.82. The summed E-state index contributed by atoms with van der Waals surface area (Å²) in [5, 5.41) is 0. The van der Waals surface area contributed by atoms with Crippen molar-refractivity contribution in [1.29, 1.82) is 0 Å². The monoisotopic (exact) mass is 359 g/mol. The molecule has 0 saturated carbocycles. The second kappa shape index (κ2) is 8.22. The van der Waals surface area contributed by atoms with Gasteiger partial charge in [0.2, 0.25) is 0 Å². The van der Waals surface area contributed by atoms with Crippen LogP contribution >= 0.6 is 0 Å². The highest BCUT2D eigenvalue weighted by molar-refractivity contribution is 5.69. The van der Waals surface area contributed by atoms with Crippen LogP contribution in [0.2, 0.25) is 0 Å². The number of nitrogens with zero attached hydrogens (tertiary/aromatic N) is 1. The van der Waals surface area contributed by atoms with Crippen LogP contribution in [0.15, 0.2) is 91.0 Å². The number of quaternary nitrogens is 1. The van der Waals surface area contributed by atoms with Gasteiger partial charge < -0.3 is 0 Å². The number of rotatable bonds is 3. The highest BCUT2D eigenvalue weighted by atomic mass is 35.7. The van der Waals surface area contributed by atoms with Crippen LogP contribution in [0, 0.1) is 10.2 Å². The quantitative estimate of drug-likeness (QED) is 0.638. The molecule has 25 heavy (non-hydrogen) atoms. The smallest absolute Gasteiger partial charge is 0.142 e. The summed E-state index contributed by atoms with van der Waals surface area (Å²) in [6.07, 6.45) is 0. The van der Waals surface area contributed by atoms with Gasteiger partial charge in [0.1, 0.15) is 17.1 Å². The molecule has 0 radical (unpaired) electrons. The number of hydrogen-bond donors (Lipinski definition) is 0. The molecule has 0 fully saturated rings. The Morgan fingerprint density at radius 3 is 0.920 bits per heavy atom. The largest absolute Gasteiger partial charge is 0.229 e. The van der Waals surface area contributed by atoms with Crippen molar-refractivity contribution >= 4 is 17.1 Å². The molecule has 0 unspecified atom stereocenters. The van der Waals surface area contributed by atoms with Crippen molar-refractivity contribution in [2.24, 2.45) is 0 Å². The van der Waals surface area contributed by atoms with Gasteiger partial charge in [-0.2, -0.15) is 0 Å². The second-order valence-corrected chi connectivity index (χ2v) is 6.15. The zero-order valence-electron chi connectivity index (χ0n) is 13.6. The minimum absolute atomic E-state index is 0.669. The third-order valence-electron chi connectivity index (χ3n) is 3.82. The summed E-state index contributed by atoms with van der Waals surface area (Å²) >= 11 is 0. The van der Waals surface area contributed by atoms with Crippen molar-refractivity contribution < 1.29 is 28.9 Å². The first-order valence-electron chi connectivity index (χ1n) is 7.47. The van der Waals surface area contributed by atoms with Crippen molar-refractivity contribution in [3.63, 3.8) is 0 Å². The molecule has 0 N–H and O–H groups in total. The predicted molar refractivity (Wildman–Crippen MR) is 86.4 cm³/mol. The van der Waals surface area contributed by atoms with Crippen LogP contribution in [0.4, 0.5) is 17.1 Å². The summed E-state index contributed by atoms with van der Waals surface area (Å²) in [5.41, 5.74) is 3.76. The van der Waals surface area contributed by atoms with Gasteiger partial charge in [-0.05, 0) is 36.4 Å². The van der Waals surface area contributed by atoms with E-state index < -0.39 is 10.2 Å². The van der Waals surface area contributed by atoms with E-state index in [1.807, 2.05) is 0 Å². The predicted octanol–water partition coefficient (Wildman–Crippen LogP) is 0.531. The molecular formula is C19H18ClNO4. The maximum absolute atomic E-state index is 8.49. The molecule has 0 amide bonds. The lowest BCUT2D eigenvalue weighted by atomic mass is 10.1. The van der Waals surface area contributed by atoms with E-state index in [9.17, 15) is 0 Å². The van der Waals surface area contributed by atoms with Crippen LogP contribution in [0.3, 0.4) is 0 Å². The molecule has 0 aliphatic rings. The minimum atomic E-state index is -4.94. The summed E-state index contributed by atoms with van der Waals surface area (Å²) in [7, 11) is -2.71. The average molecular weight is 360 g/mol. The SMILES string of the molecule is C[N+](c1ccccc1)(c1ccccc1)c1ccccc1.[O-][Cl+3]([O-])([O-])[O-]. The van der Waals surface area contributed by atoms with Crippen molar-refractivity contribution in [1.82, 2.24) is 4.48 Å². The molecule has 0 heterocycles. The van der Waals surface area contributed by atoms with Gasteiger partial charge in [-0.15, -0.1) is 10.2 Å². The molecule has 3 rings (SSSR count). The van der Waals surface area contributed by atoms with Gasteiger partial charge in [0.25, 0.3) is 0 Å². The summed E-state index contributed by atoms with van der Waals surface area (Å²) in [5.74, 6) is 0. The highest BCUT2D eigenvalue weighted by Gasteiger charge is 2.30. The normalized spacial score (nSPS) is 11.4. The molecule has 6 heteroatoms. The Balaban J connectivity index is 0.000000399. The summed E-state index contributed by atoms with van der Waals surface area (Å²) in [6, 6.07) is 31.8. The average Bonchev–Trinajstić information content (AvgIpc) is 2.62. The van der Waals surface area contributed by atoms with E-state index in [4.69, 9.17) is 18.6 Å². The fourth-order valence-electron chi connectivity index (χ4n) is 2.63. The number of halogens is 1. The number of para-hydroxylation sites is 3. The molecule has 0 aliphatic carbocycles. The molecule has 3 aromatic rings. The lowest BCUT2D eigenvalue weighted by Crippen LogP contribution is -2.68. The van der Waals surface area contributed by atoms with E-state index in [0.29, 0.717) is 4.48 Å². The van der Waals surface area contributed by atoms with Crippen LogP contribution in [0.5, 0.6) is 0 Å². The van der Waals surface area contributed by atoms with Gasteiger partial charge in [-0.25, -0.2) is 23.1 Å². The van der Waals surface area contributed by atoms with E-state index >= 15 is 0 Å². The zero-order valence-corrected chi connectivity index (χ0v) is 14.4. The molecule has 0 atom stereocenters. The van der Waals surface area contributed by atoms with Gasteiger partial charge in [-0.1, -0.05) is 54.6 Å². The second-order valence-electron chi connectivity index (χ2n) is 5.39. The Hall–Kier alpha value is -2.25. The molecule has 3 aromatic carbocycles. The van der Waals surface area contributed by atoms with Crippen LogP contribution in [0.1, 0.15) is 0 Å². The lowest BCUT2D eigenvalue weighted by Gasteiger charge is -2.33. The van der Waals surface area contributed by atoms with Crippen LogP contribution in [-0.2, 0) is 0 Å². The lowest BCUT2D eigenvalue weighted by molar-refractivity contribution is -2.00. The number of benzene rings is 3. The van der Waals surface area contributed by atoms with Gasteiger partial charge >= 0.3 is 0 Å². The van der Waals surface area contributed by atoms with Crippen molar-refractivity contribution in [3.05, 3.63) is 91.0 Å². The molecular weight excluding hydrogens is 342 g/mol. The number of hydrogen-bond acceptors (Lipinski definition) is 4. The molecule has 130 valence electrons. The van der Waals surface area contributed by atoms with E-state index in [1.165, 1.54) is 17.1 Å². The Bertz CT molecular complexity index is 659. The molecule has 0 saturated heterocycles. The Morgan fingerprint density at radius 2 is 0.720 bits per heavy atom. The molecule has 0 spiro atoms. The molecule has 0 aliphatic heterocycles. The van der Waals surface area contributed by atoms with Gasteiger partial charge in [0.15, 0.2) is 0 Å². The minimum Gasteiger partial charge on any atom is -0.229 e. The molecule has 5 nitrogen and oxygen atoms in total. The van der Waals surface area contributed by atoms with Gasteiger partial charge in [-0.3, -0.25) is 0 Å². The molecule has 0 aromatic heterocycles. The van der Waals surface area contributed by atoms with Crippen molar-refractivity contribution in [2.45, 2.75) is 0 Å². The van der Waals surface area contributed by atoms with E-state index in [2.05, 4.69) is 98.0 Å².